The molecule has 0 rings (SSSR count). The average Bonchev–Trinajstić information content (AvgIpc) is 3.31. The van der Waals surface area contributed by atoms with Crippen LogP contribution in [0.4, 0.5) is 0 Å². The van der Waals surface area contributed by atoms with Crippen molar-refractivity contribution in [1.82, 2.24) is 5.32 Å². The SMILES string of the molecule is CCCCCCCCCC/C=C\CCCCCCCCCCCCCCCCCCCCCCCCCCCCCC(=O)NC(CO)C(O)/C=C/CC/C=C/CCCCCCCCCC. The second-order valence-corrected chi connectivity index (χ2v) is 20.4. The highest BCUT2D eigenvalue weighted by molar-refractivity contribution is 5.76. The molecule has 0 heterocycles. The van der Waals surface area contributed by atoms with Gasteiger partial charge in [-0.15, -0.1) is 0 Å². The first-order valence-corrected chi connectivity index (χ1v) is 29.7. The highest BCUT2D eigenvalue weighted by Crippen LogP contribution is 2.18. The van der Waals surface area contributed by atoms with E-state index < -0.39 is 12.1 Å². The van der Waals surface area contributed by atoms with Gasteiger partial charge in [0.15, 0.2) is 0 Å². The number of hydrogen-bond donors (Lipinski definition) is 3. The van der Waals surface area contributed by atoms with Crippen molar-refractivity contribution in [1.29, 1.82) is 0 Å². The van der Waals surface area contributed by atoms with Crippen molar-refractivity contribution in [3.05, 3.63) is 36.5 Å². The molecule has 0 saturated heterocycles. The van der Waals surface area contributed by atoms with Gasteiger partial charge in [-0.25, -0.2) is 0 Å². The molecule has 0 fully saturated rings. The van der Waals surface area contributed by atoms with Crippen molar-refractivity contribution >= 4 is 5.91 Å². The fourth-order valence-corrected chi connectivity index (χ4v) is 9.31. The Morgan fingerprint density at radius 1 is 0.354 bits per heavy atom. The first-order valence-electron chi connectivity index (χ1n) is 29.7. The molecule has 0 bridgehead atoms. The van der Waals surface area contributed by atoms with E-state index in [2.05, 4.69) is 43.5 Å². The van der Waals surface area contributed by atoms with Gasteiger partial charge in [-0.3, -0.25) is 4.79 Å². The molecule has 65 heavy (non-hydrogen) atoms. The van der Waals surface area contributed by atoms with Crippen LogP contribution in [0.3, 0.4) is 0 Å². The van der Waals surface area contributed by atoms with Crippen LogP contribution in [-0.4, -0.2) is 34.9 Å². The summed E-state index contributed by atoms with van der Waals surface area (Å²) in [6.07, 6.45) is 77.7. The van der Waals surface area contributed by atoms with Crippen molar-refractivity contribution in [2.75, 3.05) is 6.61 Å². The highest BCUT2D eigenvalue weighted by atomic mass is 16.3. The van der Waals surface area contributed by atoms with E-state index in [1.165, 1.54) is 276 Å². The lowest BCUT2D eigenvalue weighted by Gasteiger charge is -2.19. The summed E-state index contributed by atoms with van der Waals surface area (Å²) in [4.78, 5) is 12.4. The van der Waals surface area contributed by atoms with Crippen LogP contribution in [-0.2, 0) is 4.79 Å². The Labute approximate surface area is 408 Å². The largest absolute Gasteiger partial charge is 0.394 e. The predicted molar refractivity (Wildman–Crippen MR) is 290 cm³/mol. The van der Waals surface area contributed by atoms with E-state index in [1.54, 1.807) is 6.08 Å². The van der Waals surface area contributed by atoms with Gasteiger partial charge in [-0.2, -0.15) is 0 Å². The Morgan fingerprint density at radius 2 is 0.600 bits per heavy atom. The van der Waals surface area contributed by atoms with E-state index in [1.807, 2.05) is 6.08 Å². The number of carbonyl (C=O) groups excluding carboxylic acids is 1. The van der Waals surface area contributed by atoms with Crippen LogP contribution in [0.25, 0.3) is 0 Å². The molecule has 384 valence electrons. The minimum Gasteiger partial charge on any atom is -0.394 e. The number of carbonyl (C=O) groups is 1. The molecule has 0 spiro atoms. The van der Waals surface area contributed by atoms with Crippen LogP contribution in [0.1, 0.15) is 328 Å². The Morgan fingerprint density at radius 3 is 0.892 bits per heavy atom. The minimum atomic E-state index is -0.859. The summed E-state index contributed by atoms with van der Waals surface area (Å²) in [5.41, 5.74) is 0. The summed E-state index contributed by atoms with van der Waals surface area (Å²) in [6, 6.07) is -0.636. The number of aliphatic hydroxyl groups excluding tert-OH is 2. The smallest absolute Gasteiger partial charge is 0.220 e. The molecule has 0 saturated carbocycles. The number of allylic oxidation sites excluding steroid dienone is 5. The molecule has 0 aliphatic heterocycles. The number of nitrogens with one attached hydrogen (secondary N) is 1. The van der Waals surface area contributed by atoms with E-state index in [0.29, 0.717) is 6.42 Å². The maximum atomic E-state index is 12.4. The molecule has 0 aliphatic carbocycles. The third-order valence-corrected chi connectivity index (χ3v) is 13.8. The summed E-state index contributed by atoms with van der Waals surface area (Å²) in [5, 5.41) is 23.1. The van der Waals surface area contributed by atoms with E-state index >= 15 is 0 Å². The highest BCUT2D eigenvalue weighted by Gasteiger charge is 2.18. The Balaban J connectivity index is 3.38. The van der Waals surface area contributed by atoms with E-state index in [4.69, 9.17) is 0 Å². The topological polar surface area (TPSA) is 69.6 Å². The molecule has 0 aromatic heterocycles. The van der Waals surface area contributed by atoms with Crippen molar-refractivity contribution in [3.8, 4) is 0 Å². The van der Waals surface area contributed by atoms with E-state index in [0.717, 1.165) is 32.1 Å². The van der Waals surface area contributed by atoms with Gasteiger partial charge in [0.2, 0.25) is 5.91 Å². The fourth-order valence-electron chi connectivity index (χ4n) is 9.31. The lowest BCUT2D eigenvalue weighted by Crippen LogP contribution is -2.45. The molecule has 4 nitrogen and oxygen atoms in total. The average molecular weight is 913 g/mol. The van der Waals surface area contributed by atoms with Gasteiger partial charge in [0, 0.05) is 6.42 Å². The molecular formula is C61H117NO3. The fraction of sp³-hybridized carbons (Fsp3) is 0.885. The summed E-state index contributed by atoms with van der Waals surface area (Å²) in [6.45, 7) is 4.31. The molecule has 3 N–H and O–H groups in total. The van der Waals surface area contributed by atoms with Crippen LogP contribution in [0, 0.1) is 0 Å². The lowest BCUT2D eigenvalue weighted by molar-refractivity contribution is -0.123. The van der Waals surface area contributed by atoms with Crippen molar-refractivity contribution in [2.24, 2.45) is 0 Å². The molecule has 0 aromatic rings. The molecule has 2 unspecified atom stereocenters. The summed E-state index contributed by atoms with van der Waals surface area (Å²) in [5.74, 6) is -0.0687. The molecule has 0 aliphatic rings. The predicted octanol–water partition coefficient (Wildman–Crippen LogP) is 19.6. The van der Waals surface area contributed by atoms with E-state index in [-0.39, 0.29) is 12.5 Å². The van der Waals surface area contributed by atoms with Gasteiger partial charge in [-0.05, 0) is 57.8 Å². The second kappa shape index (κ2) is 56.9. The van der Waals surface area contributed by atoms with Gasteiger partial charge >= 0.3 is 0 Å². The molecule has 1 amide bonds. The standard InChI is InChI=1S/C61H117NO3/c1-3-5-7-9-11-13-15-17-19-20-21-22-23-24-25-26-27-28-29-30-31-32-33-34-35-36-37-38-39-40-41-42-43-45-47-49-51-53-55-57-61(65)62-59(58-63)60(64)56-54-52-50-48-46-44-18-16-14-12-10-8-6-4-2/h20-21,46,48,54,56,59-60,63-64H,3-19,22-45,47,49-53,55,57-58H2,1-2H3,(H,62,65)/b21-20-,48-46+,56-54+. The van der Waals surface area contributed by atoms with Crippen LogP contribution < -0.4 is 5.32 Å². The molecule has 4 heteroatoms. The third-order valence-electron chi connectivity index (χ3n) is 13.8. The first kappa shape index (κ1) is 63.6. The number of aliphatic hydroxyl groups is 2. The zero-order valence-corrected chi connectivity index (χ0v) is 44.3. The summed E-state index contributed by atoms with van der Waals surface area (Å²) >= 11 is 0. The van der Waals surface area contributed by atoms with Crippen LogP contribution in [0.15, 0.2) is 36.5 Å². The maximum absolute atomic E-state index is 12.4. The third kappa shape index (κ3) is 53.4. The number of hydrogen-bond acceptors (Lipinski definition) is 3. The Kier molecular flexibility index (Phi) is 55.7. The van der Waals surface area contributed by atoms with Gasteiger partial charge in [0.1, 0.15) is 0 Å². The number of unbranched alkanes of at least 4 members (excludes halogenated alkanes) is 44. The van der Waals surface area contributed by atoms with E-state index in [9.17, 15) is 15.0 Å². The zero-order valence-electron chi connectivity index (χ0n) is 44.3. The molecule has 2 atom stereocenters. The monoisotopic (exact) mass is 912 g/mol. The number of amides is 1. The summed E-state index contributed by atoms with van der Waals surface area (Å²) in [7, 11) is 0. The molecule has 0 aromatic carbocycles. The number of rotatable bonds is 55. The van der Waals surface area contributed by atoms with Crippen molar-refractivity contribution in [3.63, 3.8) is 0 Å². The maximum Gasteiger partial charge on any atom is 0.220 e. The van der Waals surface area contributed by atoms with Gasteiger partial charge < -0.3 is 15.5 Å². The van der Waals surface area contributed by atoms with Crippen LogP contribution >= 0.6 is 0 Å². The first-order chi connectivity index (χ1) is 32.2. The Bertz CT molecular complexity index is 989. The minimum absolute atomic E-state index is 0.0687. The molecule has 0 radical (unpaired) electrons. The normalized spacial score (nSPS) is 13.0. The van der Waals surface area contributed by atoms with Crippen molar-refractivity contribution < 1.29 is 15.0 Å². The van der Waals surface area contributed by atoms with Crippen LogP contribution in [0.5, 0.6) is 0 Å². The Hall–Kier alpha value is -1.39. The molecular weight excluding hydrogens is 795 g/mol. The van der Waals surface area contributed by atoms with Crippen LogP contribution in [0.2, 0.25) is 0 Å². The van der Waals surface area contributed by atoms with Gasteiger partial charge in [0.25, 0.3) is 0 Å². The van der Waals surface area contributed by atoms with Gasteiger partial charge in [0.05, 0.1) is 18.8 Å². The summed E-state index contributed by atoms with van der Waals surface area (Å²) < 4.78 is 0. The quantitative estimate of drug-likeness (QED) is 0.0421. The zero-order chi connectivity index (χ0) is 47.0. The van der Waals surface area contributed by atoms with Crippen molar-refractivity contribution in [2.45, 2.75) is 341 Å². The second-order valence-electron chi connectivity index (χ2n) is 20.4. The van der Waals surface area contributed by atoms with Gasteiger partial charge in [-0.1, -0.05) is 301 Å². The lowest BCUT2D eigenvalue weighted by atomic mass is 10.0.